The minimum atomic E-state index is -0.382. The van der Waals surface area contributed by atoms with E-state index in [1.165, 1.54) is 6.08 Å². The summed E-state index contributed by atoms with van der Waals surface area (Å²) in [6, 6.07) is 0. The van der Waals surface area contributed by atoms with Crippen molar-refractivity contribution in [3.63, 3.8) is 0 Å². The number of fused-ring (bicyclic) bond motifs is 1. The lowest BCUT2D eigenvalue weighted by Gasteiger charge is -1.95. The molecule has 0 amide bonds. The molecule has 1 saturated carbocycles. The highest BCUT2D eigenvalue weighted by molar-refractivity contribution is 9.25. The lowest BCUT2D eigenvalue weighted by Crippen LogP contribution is -2.18. The monoisotopic (exact) mass is 278 g/mol. The van der Waals surface area contributed by atoms with Gasteiger partial charge >= 0.3 is 0 Å². The zero-order valence-electron chi connectivity index (χ0n) is 5.38. The smallest absolute Gasteiger partial charge is 0.221 e. The minimum absolute atomic E-state index is 0.160. The highest BCUT2D eigenvalue weighted by Gasteiger charge is 2.66. The molecule has 0 aliphatic heterocycles. The van der Waals surface area contributed by atoms with Crippen LogP contribution in [0.25, 0.3) is 0 Å². The Morgan fingerprint density at radius 3 is 2.55 bits per heavy atom. The molecule has 2 nitrogen and oxygen atoms in total. The van der Waals surface area contributed by atoms with Crippen molar-refractivity contribution in [1.29, 1.82) is 0 Å². The summed E-state index contributed by atoms with van der Waals surface area (Å²) in [4.78, 5) is 22.0. The first-order valence-electron chi connectivity index (χ1n) is 3.19. The van der Waals surface area contributed by atoms with Crippen molar-refractivity contribution in [3.8, 4) is 0 Å². The third-order valence-corrected chi connectivity index (χ3v) is 4.13. The van der Waals surface area contributed by atoms with E-state index in [1.54, 1.807) is 6.08 Å². The molecule has 1 fully saturated rings. The molecule has 2 unspecified atom stereocenters. The van der Waals surface area contributed by atoms with Gasteiger partial charge in [0.25, 0.3) is 0 Å². The number of allylic oxidation sites excluding steroid dienone is 2. The Balaban J connectivity index is 2.37. The molecule has 11 heavy (non-hydrogen) atoms. The molecule has 0 bridgehead atoms. The summed E-state index contributed by atoms with van der Waals surface area (Å²) in [6.07, 6.45) is 3.13. The van der Waals surface area contributed by atoms with Crippen LogP contribution >= 0.6 is 31.9 Å². The van der Waals surface area contributed by atoms with E-state index in [2.05, 4.69) is 31.9 Å². The molecule has 0 spiro atoms. The molecule has 0 aromatic carbocycles. The Labute approximate surface area is 80.3 Å². The molecule has 0 saturated heterocycles. The first kappa shape index (κ1) is 7.68. The van der Waals surface area contributed by atoms with Crippen LogP contribution < -0.4 is 0 Å². The van der Waals surface area contributed by atoms with Crippen LogP contribution in [-0.2, 0) is 9.59 Å². The first-order chi connectivity index (χ1) is 5.05. The van der Waals surface area contributed by atoms with Crippen LogP contribution in [-0.4, -0.2) is 14.8 Å². The number of hydrogen-bond donors (Lipinski definition) is 0. The van der Waals surface area contributed by atoms with E-state index in [-0.39, 0.29) is 26.6 Å². The van der Waals surface area contributed by atoms with E-state index in [9.17, 15) is 9.59 Å². The maximum Gasteiger partial charge on any atom is 0.221 e. The Hall–Kier alpha value is 0.0400. The molecule has 0 radical (unpaired) electrons. The standard InChI is InChI=1S/C7H4Br2O2/c8-7(9)3-1-2-4(10)6(11)5(3)7/h1-3,5H. The molecule has 0 heterocycles. The van der Waals surface area contributed by atoms with Crippen LogP contribution in [0, 0.1) is 11.8 Å². The Morgan fingerprint density at radius 2 is 2.00 bits per heavy atom. The topological polar surface area (TPSA) is 34.1 Å². The zero-order valence-corrected chi connectivity index (χ0v) is 8.55. The van der Waals surface area contributed by atoms with E-state index in [4.69, 9.17) is 0 Å². The number of rotatable bonds is 0. The highest BCUT2D eigenvalue weighted by Crippen LogP contribution is 2.64. The van der Waals surface area contributed by atoms with Gasteiger partial charge in [0.05, 0.1) is 9.15 Å². The molecule has 58 valence electrons. The number of carbonyl (C=O) groups is 2. The van der Waals surface area contributed by atoms with Crippen molar-refractivity contribution in [3.05, 3.63) is 12.2 Å². The van der Waals surface area contributed by atoms with Crippen LogP contribution in [0.15, 0.2) is 12.2 Å². The normalized spacial score (nSPS) is 38.7. The van der Waals surface area contributed by atoms with Crippen LogP contribution in [0.4, 0.5) is 0 Å². The highest BCUT2D eigenvalue weighted by atomic mass is 79.9. The fourth-order valence-corrected chi connectivity index (χ4v) is 2.91. The molecular formula is C7H4Br2O2. The number of hydrogen-bond acceptors (Lipinski definition) is 2. The third-order valence-electron chi connectivity index (χ3n) is 2.09. The number of halogens is 2. The predicted octanol–water partition coefficient (Wildman–Crippen LogP) is 1.43. The summed E-state index contributed by atoms with van der Waals surface area (Å²) in [6.45, 7) is 0. The maximum absolute atomic E-state index is 11.1. The van der Waals surface area contributed by atoms with Gasteiger partial charge in [-0.05, 0) is 6.08 Å². The number of alkyl halides is 2. The van der Waals surface area contributed by atoms with Gasteiger partial charge in [-0.2, -0.15) is 0 Å². The summed E-state index contributed by atoms with van der Waals surface area (Å²) < 4.78 is -0.334. The summed E-state index contributed by atoms with van der Waals surface area (Å²) >= 11 is 6.68. The van der Waals surface area contributed by atoms with Crippen molar-refractivity contribution in [2.24, 2.45) is 11.8 Å². The van der Waals surface area contributed by atoms with Crippen molar-refractivity contribution < 1.29 is 9.59 Å². The maximum atomic E-state index is 11.1. The zero-order chi connectivity index (χ0) is 8.22. The Bertz CT molecular complexity index is 280. The molecule has 0 aromatic rings. The predicted molar refractivity (Wildman–Crippen MR) is 46.7 cm³/mol. The van der Waals surface area contributed by atoms with E-state index >= 15 is 0 Å². The molecule has 4 heteroatoms. The van der Waals surface area contributed by atoms with Gasteiger partial charge in [-0.15, -0.1) is 0 Å². The third kappa shape index (κ3) is 0.888. The van der Waals surface area contributed by atoms with E-state index in [0.717, 1.165) is 0 Å². The van der Waals surface area contributed by atoms with Crippen LogP contribution in [0.1, 0.15) is 0 Å². The van der Waals surface area contributed by atoms with E-state index < -0.39 is 0 Å². The van der Waals surface area contributed by atoms with Crippen molar-refractivity contribution in [2.75, 3.05) is 0 Å². The fraction of sp³-hybridized carbons (Fsp3) is 0.429. The van der Waals surface area contributed by atoms with Crippen molar-refractivity contribution >= 4 is 43.4 Å². The molecule has 0 N–H and O–H groups in total. The minimum Gasteiger partial charge on any atom is -0.290 e. The summed E-state index contributed by atoms with van der Waals surface area (Å²) in [5.74, 6) is -0.689. The second kappa shape index (κ2) is 2.04. The first-order valence-corrected chi connectivity index (χ1v) is 4.78. The Morgan fingerprint density at radius 1 is 1.36 bits per heavy atom. The molecule has 2 rings (SSSR count). The van der Waals surface area contributed by atoms with Crippen LogP contribution in [0.3, 0.4) is 0 Å². The van der Waals surface area contributed by atoms with Gasteiger partial charge in [0, 0.05) is 5.92 Å². The summed E-state index contributed by atoms with van der Waals surface area (Å²) in [5, 5.41) is 0. The lowest BCUT2D eigenvalue weighted by molar-refractivity contribution is -0.135. The van der Waals surface area contributed by atoms with Crippen LogP contribution in [0.5, 0.6) is 0 Å². The average molecular weight is 280 g/mol. The van der Waals surface area contributed by atoms with Gasteiger partial charge in [0.15, 0.2) is 0 Å². The molecule has 0 aromatic heterocycles. The fourth-order valence-electron chi connectivity index (χ4n) is 1.35. The van der Waals surface area contributed by atoms with Gasteiger partial charge < -0.3 is 0 Å². The van der Waals surface area contributed by atoms with Gasteiger partial charge in [0.2, 0.25) is 11.6 Å². The molecule has 2 atom stereocenters. The van der Waals surface area contributed by atoms with Gasteiger partial charge in [-0.3, -0.25) is 9.59 Å². The number of carbonyl (C=O) groups excluding carboxylic acids is 2. The Kier molecular flexibility index (Phi) is 1.43. The molecule has 2 aliphatic rings. The van der Waals surface area contributed by atoms with E-state index in [1.807, 2.05) is 0 Å². The van der Waals surface area contributed by atoms with E-state index in [0.29, 0.717) is 0 Å². The SMILES string of the molecule is O=C1C=CC2C(C1=O)C2(Br)Br. The van der Waals surface area contributed by atoms with Crippen molar-refractivity contribution in [1.82, 2.24) is 0 Å². The van der Waals surface area contributed by atoms with Gasteiger partial charge in [0.1, 0.15) is 0 Å². The molecular weight excluding hydrogens is 276 g/mol. The van der Waals surface area contributed by atoms with Gasteiger partial charge in [-0.25, -0.2) is 0 Å². The van der Waals surface area contributed by atoms with Crippen LogP contribution in [0.2, 0.25) is 0 Å². The quantitative estimate of drug-likeness (QED) is 0.497. The average Bonchev–Trinajstić information content (AvgIpc) is 2.46. The molecule has 2 aliphatic carbocycles. The largest absolute Gasteiger partial charge is 0.290 e. The lowest BCUT2D eigenvalue weighted by atomic mass is 10.1. The summed E-state index contributed by atoms with van der Waals surface area (Å²) in [7, 11) is 0. The second-order valence-electron chi connectivity index (χ2n) is 2.77. The second-order valence-corrected chi connectivity index (χ2v) is 6.45. The number of ketones is 2. The summed E-state index contributed by atoms with van der Waals surface area (Å²) in [5.41, 5.74) is 0. The van der Waals surface area contributed by atoms with Gasteiger partial charge in [-0.1, -0.05) is 37.9 Å². The van der Waals surface area contributed by atoms with Crippen molar-refractivity contribution in [2.45, 2.75) is 3.23 Å². The number of Topliss-reactive ketones (excluding diaryl/α,β-unsaturated/α-hetero) is 1.